The maximum Gasteiger partial charge on any atom is 0.356 e. The van der Waals surface area contributed by atoms with Crippen molar-refractivity contribution in [3.63, 3.8) is 0 Å². The van der Waals surface area contributed by atoms with E-state index in [1.807, 2.05) is 30.3 Å². The van der Waals surface area contributed by atoms with Crippen molar-refractivity contribution in [1.29, 1.82) is 0 Å². The van der Waals surface area contributed by atoms with Crippen LogP contribution in [-0.2, 0) is 0 Å². The van der Waals surface area contributed by atoms with Gasteiger partial charge < -0.3 is 5.11 Å². The van der Waals surface area contributed by atoms with Gasteiger partial charge in [0, 0.05) is 27.2 Å². The van der Waals surface area contributed by atoms with E-state index < -0.39 is 5.97 Å². The summed E-state index contributed by atoms with van der Waals surface area (Å²) in [6.45, 7) is 0. The van der Waals surface area contributed by atoms with Crippen LogP contribution < -0.4 is 0 Å². The van der Waals surface area contributed by atoms with Gasteiger partial charge in [-0.1, -0.05) is 47.5 Å². The van der Waals surface area contributed by atoms with Gasteiger partial charge in [-0.3, -0.25) is 0 Å². The molecular weight excluding hydrogens is 373 g/mol. The molecule has 0 amide bonds. The Morgan fingerprint density at radius 3 is 2.38 bits per heavy atom. The molecule has 4 aromatic rings. The number of carbonyl (C=O) groups is 1. The molecule has 0 saturated heterocycles. The maximum atomic E-state index is 11.3. The molecule has 5 nitrogen and oxygen atoms in total. The summed E-state index contributed by atoms with van der Waals surface area (Å²) in [4.78, 5) is 15.9. The second kappa shape index (κ2) is 6.44. The molecule has 2 aromatic carbocycles. The first kappa shape index (κ1) is 16.6. The van der Waals surface area contributed by atoms with Crippen LogP contribution in [0.3, 0.4) is 0 Å². The standard InChI is InChI=1S/C19H11Cl2N3O2/c20-13-6-4-11(5-7-13)17-9-15(12-2-1-3-14(21)8-12)22-18-10-16(19(25)26)23-24(17)18/h1-10H,(H,25,26). The van der Waals surface area contributed by atoms with Crippen molar-refractivity contribution in [2.24, 2.45) is 0 Å². The topological polar surface area (TPSA) is 67.5 Å². The lowest BCUT2D eigenvalue weighted by atomic mass is 10.1. The van der Waals surface area contributed by atoms with Crippen molar-refractivity contribution < 1.29 is 9.90 Å². The van der Waals surface area contributed by atoms with E-state index in [4.69, 9.17) is 23.2 Å². The highest BCUT2D eigenvalue weighted by Gasteiger charge is 2.15. The van der Waals surface area contributed by atoms with E-state index in [0.717, 1.165) is 11.1 Å². The van der Waals surface area contributed by atoms with Crippen LogP contribution in [-0.4, -0.2) is 25.7 Å². The smallest absolute Gasteiger partial charge is 0.356 e. The number of aromatic carboxylic acids is 1. The minimum atomic E-state index is -1.11. The quantitative estimate of drug-likeness (QED) is 0.536. The zero-order chi connectivity index (χ0) is 18.3. The van der Waals surface area contributed by atoms with E-state index in [9.17, 15) is 9.90 Å². The highest BCUT2D eigenvalue weighted by molar-refractivity contribution is 6.31. The first-order valence-electron chi connectivity index (χ1n) is 7.67. The second-order valence-corrected chi connectivity index (χ2v) is 6.52. The highest BCUT2D eigenvalue weighted by Crippen LogP contribution is 2.28. The Balaban J connectivity index is 2.00. The van der Waals surface area contributed by atoms with Crippen LogP contribution >= 0.6 is 23.2 Å². The van der Waals surface area contributed by atoms with E-state index in [1.54, 1.807) is 24.3 Å². The van der Waals surface area contributed by atoms with Gasteiger partial charge in [0.2, 0.25) is 0 Å². The van der Waals surface area contributed by atoms with Gasteiger partial charge >= 0.3 is 5.97 Å². The summed E-state index contributed by atoms with van der Waals surface area (Å²) in [5.74, 6) is -1.11. The van der Waals surface area contributed by atoms with Gasteiger partial charge in [0.15, 0.2) is 11.3 Å². The Morgan fingerprint density at radius 2 is 1.69 bits per heavy atom. The van der Waals surface area contributed by atoms with E-state index in [1.165, 1.54) is 10.6 Å². The normalized spacial score (nSPS) is 11.0. The van der Waals surface area contributed by atoms with Gasteiger partial charge in [0.05, 0.1) is 11.4 Å². The molecule has 0 fully saturated rings. The molecule has 128 valence electrons. The Hall–Kier alpha value is -2.89. The van der Waals surface area contributed by atoms with E-state index >= 15 is 0 Å². The fraction of sp³-hybridized carbons (Fsp3) is 0. The predicted octanol–water partition coefficient (Wildman–Crippen LogP) is 5.07. The van der Waals surface area contributed by atoms with Gasteiger partial charge in [-0.25, -0.2) is 14.3 Å². The number of hydrogen-bond donors (Lipinski definition) is 1. The number of carboxylic acids is 1. The lowest BCUT2D eigenvalue weighted by molar-refractivity contribution is 0.0690. The molecular formula is C19H11Cl2N3O2. The number of carboxylic acid groups (broad SMARTS) is 1. The largest absolute Gasteiger partial charge is 0.476 e. The minimum Gasteiger partial charge on any atom is -0.476 e. The molecule has 4 rings (SSSR count). The van der Waals surface area contributed by atoms with Crippen molar-refractivity contribution in [3.8, 4) is 22.5 Å². The number of hydrogen-bond acceptors (Lipinski definition) is 3. The Morgan fingerprint density at radius 1 is 0.923 bits per heavy atom. The summed E-state index contributed by atoms with van der Waals surface area (Å²) in [5.41, 5.74) is 3.40. The fourth-order valence-electron chi connectivity index (χ4n) is 2.70. The average Bonchev–Trinajstić information content (AvgIpc) is 3.06. The number of fused-ring (bicyclic) bond motifs is 1. The van der Waals surface area contributed by atoms with Crippen LogP contribution in [0.2, 0.25) is 10.0 Å². The third-order valence-corrected chi connectivity index (χ3v) is 4.39. The second-order valence-electron chi connectivity index (χ2n) is 5.65. The molecule has 0 aliphatic heterocycles. The van der Waals surface area contributed by atoms with Crippen molar-refractivity contribution in [1.82, 2.24) is 14.6 Å². The lowest BCUT2D eigenvalue weighted by Crippen LogP contribution is -2.01. The van der Waals surface area contributed by atoms with Gasteiger partial charge in [-0.15, -0.1) is 0 Å². The molecule has 7 heteroatoms. The molecule has 0 aliphatic rings. The number of aromatic nitrogens is 3. The van der Waals surface area contributed by atoms with Crippen molar-refractivity contribution >= 4 is 34.8 Å². The Labute approximate surface area is 158 Å². The van der Waals surface area contributed by atoms with Crippen LogP contribution in [0.25, 0.3) is 28.2 Å². The molecule has 0 atom stereocenters. The van der Waals surface area contributed by atoms with Crippen molar-refractivity contribution in [2.45, 2.75) is 0 Å². The number of nitrogens with zero attached hydrogens (tertiary/aromatic N) is 3. The Kier molecular flexibility index (Phi) is 4.11. The molecule has 2 aromatic heterocycles. The summed E-state index contributed by atoms with van der Waals surface area (Å²) < 4.78 is 1.51. The minimum absolute atomic E-state index is 0.0732. The molecule has 0 spiro atoms. The third kappa shape index (κ3) is 3.03. The monoisotopic (exact) mass is 383 g/mol. The first-order valence-corrected chi connectivity index (χ1v) is 8.43. The zero-order valence-corrected chi connectivity index (χ0v) is 14.7. The van der Waals surface area contributed by atoms with Crippen LogP contribution in [0.15, 0.2) is 60.7 Å². The molecule has 0 unspecified atom stereocenters. The van der Waals surface area contributed by atoms with Gasteiger partial charge in [0.25, 0.3) is 0 Å². The average molecular weight is 384 g/mol. The molecule has 0 bridgehead atoms. The number of halogens is 2. The van der Waals surface area contributed by atoms with Crippen LogP contribution in [0.4, 0.5) is 0 Å². The molecule has 0 radical (unpaired) electrons. The summed E-state index contributed by atoms with van der Waals surface area (Å²) in [5, 5.41) is 14.6. The summed E-state index contributed by atoms with van der Waals surface area (Å²) >= 11 is 12.1. The Bertz CT molecular complexity index is 1140. The molecule has 2 heterocycles. The molecule has 0 saturated carbocycles. The van der Waals surface area contributed by atoms with Crippen LogP contribution in [0, 0.1) is 0 Å². The molecule has 0 aliphatic carbocycles. The zero-order valence-electron chi connectivity index (χ0n) is 13.2. The highest BCUT2D eigenvalue weighted by atomic mass is 35.5. The number of rotatable bonds is 3. The SMILES string of the molecule is O=C(O)c1cc2nc(-c3cccc(Cl)c3)cc(-c3ccc(Cl)cc3)n2n1. The summed E-state index contributed by atoms with van der Waals surface area (Å²) in [6, 6.07) is 17.8. The van der Waals surface area contributed by atoms with Crippen LogP contribution in [0.5, 0.6) is 0 Å². The summed E-state index contributed by atoms with van der Waals surface area (Å²) in [6.07, 6.45) is 0. The van der Waals surface area contributed by atoms with E-state index in [2.05, 4.69) is 10.1 Å². The third-order valence-electron chi connectivity index (χ3n) is 3.91. The fourth-order valence-corrected chi connectivity index (χ4v) is 3.02. The van der Waals surface area contributed by atoms with Crippen molar-refractivity contribution in [3.05, 3.63) is 76.4 Å². The summed E-state index contributed by atoms with van der Waals surface area (Å²) in [7, 11) is 0. The van der Waals surface area contributed by atoms with Crippen molar-refractivity contribution in [2.75, 3.05) is 0 Å². The van der Waals surface area contributed by atoms with Gasteiger partial charge in [-0.2, -0.15) is 5.10 Å². The lowest BCUT2D eigenvalue weighted by Gasteiger charge is -2.09. The predicted molar refractivity (Wildman–Crippen MR) is 101 cm³/mol. The first-order chi connectivity index (χ1) is 12.5. The van der Waals surface area contributed by atoms with Crippen LogP contribution in [0.1, 0.15) is 10.5 Å². The van der Waals surface area contributed by atoms with E-state index in [0.29, 0.717) is 27.1 Å². The molecule has 26 heavy (non-hydrogen) atoms. The van der Waals surface area contributed by atoms with Gasteiger partial charge in [0.1, 0.15) is 0 Å². The van der Waals surface area contributed by atoms with Gasteiger partial charge in [-0.05, 0) is 30.3 Å². The maximum absolute atomic E-state index is 11.3. The van der Waals surface area contributed by atoms with E-state index in [-0.39, 0.29) is 5.69 Å². The number of benzene rings is 2. The molecule has 1 N–H and O–H groups in total.